The molecule has 5 heteroatoms. The van der Waals surface area contributed by atoms with Gasteiger partial charge in [-0.15, -0.1) is 0 Å². The average molecular weight is 304 g/mol. The maximum Gasteiger partial charge on any atom is 0.255 e. The first kappa shape index (κ1) is 13.8. The molecule has 0 fully saturated rings. The van der Waals surface area contributed by atoms with Crippen LogP contribution in [0, 0.1) is 0 Å². The van der Waals surface area contributed by atoms with E-state index in [1.807, 2.05) is 24.3 Å². The van der Waals surface area contributed by atoms with Gasteiger partial charge >= 0.3 is 0 Å². The highest BCUT2D eigenvalue weighted by Crippen LogP contribution is 2.39. The van der Waals surface area contributed by atoms with Gasteiger partial charge in [0, 0.05) is 11.3 Å². The largest absolute Gasteiger partial charge is 0.454 e. The van der Waals surface area contributed by atoms with Crippen molar-refractivity contribution in [3.8, 4) is 11.5 Å². The number of benzene rings is 2. The quantitative estimate of drug-likeness (QED) is 0.936. The van der Waals surface area contributed by atoms with Gasteiger partial charge in [0.1, 0.15) is 0 Å². The zero-order valence-electron chi connectivity index (χ0n) is 11.5. The maximum atomic E-state index is 12.3. The topological polar surface area (TPSA) is 47.6 Å². The van der Waals surface area contributed by atoms with Gasteiger partial charge in [-0.05, 0) is 36.2 Å². The van der Waals surface area contributed by atoms with Gasteiger partial charge in [0.15, 0.2) is 11.5 Å². The third kappa shape index (κ3) is 2.81. The smallest absolute Gasteiger partial charge is 0.255 e. The lowest BCUT2D eigenvalue weighted by atomic mass is 10.1. The lowest BCUT2D eigenvalue weighted by Gasteiger charge is -2.07. The second-order valence-electron chi connectivity index (χ2n) is 4.70. The van der Waals surface area contributed by atoms with Crippen molar-refractivity contribution < 1.29 is 14.3 Å². The van der Waals surface area contributed by atoms with Crippen molar-refractivity contribution in [1.82, 2.24) is 0 Å². The summed E-state index contributed by atoms with van der Waals surface area (Å²) in [5.74, 6) is 0.744. The number of carbonyl (C=O) groups is 1. The van der Waals surface area contributed by atoms with Crippen LogP contribution in [0.3, 0.4) is 0 Å². The summed E-state index contributed by atoms with van der Waals surface area (Å²) in [7, 11) is 0. The van der Waals surface area contributed by atoms with Crippen molar-refractivity contribution in [1.29, 1.82) is 0 Å². The number of amides is 1. The van der Waals surface area contributed by atoms with Crippen molar-refractivity contribution in [3.63, 3.8) is 0 Å². The van der Waals surface area contributed by atoms with E-state index in [4.69, 9.17) is 21.1 Å². The summed E-state index contributed by atoms with van der Waals surface area (Å²) in [5, 5.41) is 3.21. The normalized spacial score (nSPS) is 12.3. The lowest BCUT2D eigenvalue weighted by molar-refractivity contribution is 0.102. The molecule has 21 heavy (non-hydrogen) atoms. The summed E-state index contributed by atoms with van der Waals surface area (Å²) in [6.07, 6.45) is 0.964. The minimum atomic E-state index is -0.237. The summed E-state index contributed by atoms with van der Waals surface area (Å²) in [6, 6.07) is 10.9. The molecule has 0 spiro atoms. The second-order valence-corrected chi connectivity index (χ2v) is 5.10. The fraction of sp³-hybridized carbons (Fsp3) is 0.188. The zero-order chi connectivity index (χ0) is 14.8. The standard InChI is InChI=1S/C16H14ClNO3/c1-2-10-3-5-12(6-4-10)18-16(19)11-7-13(17)15-14(8-11)20-9-21-15/h3-8H,2,9H2,1H3,(H,18,19). The summed E-state index contributed by atoms with van der Waals surface area (Å²) >= 11 is 6.08. The Labute approximate surface area is 127 Å². The molecule has 1 aliphatic rings. The molecule has 4 nitrogen and oxygen atoms in total. The second kappa shape index (κ2) is 5.66. The molecule has 0 atom stereocenters. The van der Waals surface area contributed by atoms with E-state index in [-0.39, 0.29) is 12.7 Å². The van der Waals surface area contributed by atoms with E-state index in [0.29, 0.717) is 22.1 Å². The number of rotatable bonds is 3. The summed E-state index contributed by atoms with van der Waals surface area (Å²) in [6.45, 7) is 2.21. The molecule has 1 N–H and O–H groups in total. The fourth-order valence-electron chi connectivity index (χ4n) is 2.13. The molecule has 1 heterocycles. The number of anilines is 1. The fourth-order valence-corrected chi connectivity index (χ4v) is 2.39. The van der Waals surface area contributed by atoms with Crippen LogP contribution in [0.5, 0.6) is 11.5 Å². The summed E-state index contributed by atoms with van der Waals surface area (Å²) < 4.78 is 10.5. The molecule has 108 valence electrons. The van der Waals surface area contributed by atoms with Crippen LogP contribution in [0.1, 0.15) is 22.8 Å². The highest BCUT2D eigenvalue weighted by Gasteiger charge is 2.20. The molecule has 0 aliphatic carbocycles. The summed E-state index contributed by atoms with van der Waals surface area (Å²) in [4.78, 5) is 12.3. The Hall–Kier alpha value is -2.20. The molecule has 0 aromatic heterocycles. The van der Waals surface area contributed by atoms with Crippen molar-refractivity contribution in [2.24, 2.45) is 0 Å². The molecule has 0 saturated heterocycles. The van der Waals surface area contributed by atoms with Gasteiger partial charge < -0.3 is 14.8 Å². The first-order chi connectivity index (χ1) is 10.2. The Morgan fingerprint density at radius 1 is 1.24 bits per heavy atom. The van der Waals surface area contributed by atoms with Gasteiger partial charge in [-0.2, -0.15) is 0 Å². The number of halogens is 1. The highest BCUT2D eigenvalue weighted by molar-refractivity contribution is 6.32. The van der Waals surface area contributed by atoms with Crippen LogP contribution >= 0.6 is 11.6 Å². The molecular weight excluding hydrogens is 290 g/mol. The number of nitrogens with one attached hydrogen (secondary N) is 1. The number of ether oxygens (including phenoxy) is 2. The van der Waals surface area contributed by atoms with E-state index < -0.39 is 0 Å². The summed E-state index contributed by atoms with van der Waals surface area (Å²) in [5.41, 5.74) is 2.40. The number of carbonyl (C=O) groups excluding carboxylic acids is 1. The molecular formula is C16H14ClNO3. The van der Waals surface area contributed by atoms with E-state index in [2.05, 4.69) is 12.2 Å². The lowest BCUT2D eigenvalue weighted by Crippen LogP contribution is -2.11. The first-order valence-corrected chi connectivity index (χ1v) is 7.04. The van der Waals surface area contributed by atoms with Crippen LogP contribution < -0.4 is 14.8 Å². The third-order valence-corrected chi connectivity index (χ3v) is 3.59. The predicted molar refractivity (Wildman–Crippen MR) is 81.3 cm³/mol. The zero-order valence-corrected chi connectivity index (χ0v) is 12.2. The molecule has 2 aromatic rings. The molecule has 0 radical (unpaired) electrons. The van der Waals surface area contributed by atoms with Gasteiger partial charge in [0.2, 0.25) is 6.79 Å². The predicted octanol–water partition coefficient (Wildman–Crippen LogP) is 3.88. The Morgan fingerprint density at radius 3 is 2.71 bits per heavy atom. The maximum absolute atomic E-state index is 12.3. The van der Waals surface area contributed by atoms with Gasteiger partial charge in [0.25, 0.3) is 5.91 Å². The number of aryl methyl sites for hydroxylation is 1. The van der Waals surface area contributed by atoms with Crippen molar-refractivity contribution >= 4 is 23.2 Å². The van der Waals surface area contributed by atoms with Gasteiger partial charge in [-0.3, -0.25) is 4.79 Å². The van der Waals surface area contributed by atoms with Gasteiger partial charge in [0.05, 0.1) is 5.02 Å². The Kier molecular flexibility index (Phi) is 3.71. The van der Waals surface area contributed by atoms with Crippen LogP contribution in [0.2, 0.25) is 5.02 Å². The van der Waals surface area contributed by atoms with Crippen molar-refractivity contribution in [2.45, 2.75) is 13.3 Å². The molecule has 0 bridgehead atoms. The number of hydrogen-bond acceptors (Lipinski definition) is 3. The minimum absolute atomic E-state index is 0.124. The van der Waals surface area contributed by atoms with Crippen molar-refractivity contribution in [2.75, 3.05) is 12.1 Å². The van der Waals surface area contributed by atoms with E-state index in [1.54, 1.807) is 12.1 Å². The van der Waals surface area contributed by atoms with Gasteiger partial charge in [-0.1, -0.05) is 30.7 Å². The van der Waals surface area contributed by atoms with E-state index in [9.17, 15) is 4.79 Å². The Balaban J connectivity index is 1.80. The first-order valence-electron chi connectivity index (χ1n) is 6.67. The van der Waals surface area contributed by atoms with Crippen LogP contribution in [-0.2, 0) is 6.42 Å². The average Bonchev–Trinajstić information content (AvgIpc) is 2.97. The van der Waals surface area contributed by atoms with Crippen LogP contribution in [0.4, 0.5) is 5.69 Å². The minimum Gasteiger partial charge on any atom is -0.454 e. The number of hydrogen-bond donors (Lipinski definition) is 1. The molecule has 0 unspecified atom stereocenters. The van der Waals surface area contributed by atoms with Crippen LogP contribution in [0.25, 0.3) is 0 Å². The molecule has 2 aromatic carbocycles. The van der Waals surface area contributed by atoms with E-state index in [1.165, 1.54) is 5.56 Å². The van der Waals surface area contributed by atoms with Gasteiger partial charge in [-0.25, -0.2) is 0 Å². The molecule has 3 rings (SSSR count). The Morgan fingerprint density at radius 2 is 2.00 bits per heavy atom. The van der Waals surface area contributed by atoms with Crippen molar-refractivity contribution in [3.05, 3.63) is 52.5 Å². The monoisotopic (exact) mass is 303 g/mol. The van der Waals surface area contributed by atoms with Crippen LogP contribution in [-0.4, -0.2) is 12.7 Å². The molecule has 1 amide bonds. The molecule has 1 aliphatic heterocycles. The third-order valence-electron chi connectivity index (χ3n) is 3.31. The molecule has 0 saturated carbocycles. The highest BCUT2D eigenvalue weighted by atomic mass is 35.5. The van der Waals surface area contributed by atoms with Crippen LogP contribution in [0.15, 0.2) is 36.4 Å². The Bertz CT molecular complexity index is 683. The van der Waals surface area contributed by atoms with E-state index in [0.717, 1.165) is 12.1 Å². The van der Waals surface area contributed by atoms with E-state index >= 15 is 0 Å². The number of fused-ring (bicyclic) bond motifs is 1. The SMILES string of the molecule is CCc1ccc(NC(=O)c2cc(Cl)c3c(c2)OCO3)cc1.